The smallest absolute Gasteiger partial charge is 0.234 e. The first-order valence-corrected chi connectivity index (χ1v) is 8.85. The first-order chi connectivity index (χ1) is 10.7. The molecule has 2 heteroatoms. The van der Waals surface area contributed by atoms with Crippen molar-refractivity contribution in [3.8, 4) is 0 Å². The van der Waals surface area contributed by atoms with E-state index < -0.39 is 0 Å². The molecule has 2 aromatic rings. The van der Waals surface area contributed by atoms with E-state index in [4.69, 9.17) is 0 Å². The van der Waals surface area contributed by atoms with Crippen LogP contribution in [-0.2, 0) is 19.4 Å². The standard InChI is InChI=1S/C20H31N2/c1-4-5-7-14-20-21(16-17-22(20)18(2)3)15-10-13-19-11-8-6-9-12-19/h6,8-9,11-12,16-18H,4-5,7,10,13-15H2,1-3H3/q+1. The largest absolute Gasteiger partial charge is 0.256 e. The highest BCUT2D eigenvalue weighted by molar-refractivity contribution is 5.14. The van der Waals surface area contributed by atoms with Crippen LogP contribution in [0, 0.1) is 0 Å². The molecule has 0 spiro atoms. The predicted octanol–water partition coefficient (Wildman–Crippen LogP) is 4.72. The minimum atomic E-state index is 0.548. The van der Waals surface area contributed by atoms with E-state index in [-0.39, 0.29) is 0 Å². The number of aryl methyl sites for hydroxylation is 2. The van der Waals surface area contributed by atoms with Crippen molar-refractivity contribution in [2.24, 2.45) is 0 Å². The molecule has 2 nitrogen and oxygen atoms in total. The van der Waals surface area contributed by atoms with Crippen LogP contribution >= 0.6 is 0 Å². The molecule has 120 valence electrons. The van der Waals surface area contributed by atoms with Gasteiger partial charge in [-0.25, -0.2) is 9.13 Å². The fourth-order valence-electron chi connectivity index (χ4n) is 3.05. The lowest BCUT2D eigenvalue weighted by Crippen LogP contribution is -2.37. The SMILES string of the molecule is CCCCCc1n(C(C)C)cc[n+]1CCCc1ccccc1. The monoisotopic (exact) mass is 299 g/mol. The van der Waals surface area contributed by atoms with E-state index in [0.29, 0.717) is 6.04 Å². The second kappa shape index (κ2) is 8.77. The molecule has 1 heterocycles. The molecule has 0 fully saturated rings. The highest BCUT2D eigenvalue weighted by atomic mass is 15.2. The Kier molecular flexibility index (Phi) is 6.70. The van der Waals surface area contributed by atoms with Crippen molar-refractivity contribution in [2.75, 3.05) is 0 Å². The summed E-state index contributed by atoms with van der Waals surface area (Å²) in [5.74, 6) is 1.50. The second-order valence-electron chi connectivity index (χ2n) is 6.46. The molecule has 0 aliphatic carbocycles. The number of aromatic nitrogens is 2. The lowest BCUT2D eigenvalue weighted by molar-refractivity contribution is -0.704. The molecule has 0 atom stereocenters. The quantitative estimate of drug-likeness (QED) is 0.468. The van der Waals surface area contributed by atoms with Crippen LogP contribution in [0.2, 0.25) is 0 Å². The molecule has 0 amide bonds. The highest BCUT2D eigenvalue weighted by Crippen LogP contribution is 2.11. The van der Waals surface area contributed by atoms with Crippen LogP contribution in [0.4, 0.5) is 0 Å². The minimum absolute atomic E-state index is 0.548. The summed E-state index contributed by atoms with van der Waals surface area (Å²) >= 11 is 0. The Morgan fingerprint density at radius 2 is 1.77 bits per heavy atom. The van der Waals surface area contributed by atoms with Crippen molar-refractivity contribution in [1.82, 2.24) is 4.57 Å². The fraction of sp³-hybridized carbons (Fsp3) is 0.550. The van der Waals surface area contributed by atoms with Crippen LogP contribution in [0.3, 0.4) is 0 Å². The number of unbranched alkanes of at least 4 members (excludes halogenated alkanes) is 2. The van der Waals surface area contributed by atoms with Gasteiger partial charge >= 0.3 is 0 Å². The molecule has 22 heavy (non-hydrogen) atoms. The topological polar surface area (TPSA) is 8.81 Å². The zero-order valence-corrected chi connectivity index (χ0v) is 14.5. The lowest BCUT2D eigenvalue weighted by atomic mass is 10.1. The maximum Gasteiger partial charge on any atom is 0.256 e. The molecule has 0 bridgehead atoms. The van der Waals surface area contributed by atoms with Gasteiger partial charge in [0.25, 0.3) is 5.82 Å². The van der Waals surface area contributed by atoms with Gasteiger partial charge in [0.2, 0.25) is 0 Å². The van der Waals surface area contributed by atoms with Crippen LogP contribution in [-0.4, -0.2) is 4.57 Å². The summed E-state index contributed by atoms with van der Waals surface area (Å²) in [6.07, 6.45) is 12.0. The Morgan fingerprint density at radius 1 is 1.00 bits per heavy atom. The number of imidazole rings is 1. The van der Waals surface area contributed by atoms with E-state index in [2.05, 4.69) is 72.6 Å². The van der Waals surface area contributed by atoms with Crippen molar-refractivity contribution in [3.05, 3.63) is 54.1 Å². The highest BCUT2D eigenvalue weighted by Gasteiger charge is 2.18. The maximum atomic E-state index is 2.47. The van der Waals surface area contributed by atoms with Crippen LogP contribution in [0.5, 0.6) is 0 Å². The molecule has 0 N–H and O–H groups in total. The molecular weight excluding hydrogens is 268 g/mol. The number of nitrogens with zero attached hydrogens (tertiary/aromatic N) is 2. The Bertz CT molecular complexity index is 540. The third-order valence-corrected chi connectivity index (χ3v) is 4.30. The van der Waals surface area contributed by atoms with Crippen molar-refractivity contribution in [3.63, 3.8) is 0 Å². The van der Waals surface area contributed by atoms with E-state index in [1.54, 1.807) is 0 Å². The van der Waals surface area contributed by atoms with Crippen LogP contribution in [0.25, 0.3) is 0 Å². The molecule has 1 aromatic carbocycles. The van der Waals surface area contributed by atoms with Gasteiger partial charge in [0.05, 0.1) is 12.6 Å². The van der Waals surface area contributed by atoms with E-state index in [1.165, 1.54) is 43.5 Å². The van der Waals surface area contributed by atoms with Gasteiger partial charge in [0, 0.05) is 6.42 Å². The summed E-state index contributed by atoms with van der Waals surface area (Å²) in [7, 11) is 0. The molecule has 0 radical (unpaired) electrons. The third kappa shape index (κ3) is 4.72. The Morgan fingerprint density at radius 3 is 2.45 bits per heavy atom. The lowest BCUT2D eigenvalue weighted by Gasteiger charge is -2.08. The molecular formula is C20H31N2+. The van der Waals surface area contributed by atoms with Crippen molar-refractivity contribution < 1.29 is 4.57 Å². The number of hydrogen-bond donors (Lipinski definition) is 0. The van der Waals surface area contributed by atoms with Gasteiger partial charge in [-0.05, 0) is 38.7 Å². The van der Waals surface area contributed by atoms with Gasteiger partial charge in [-0.15, -0.1) is 0 Å². The molecule has 0 aliphatic heterocycles. The molecule has 1 aromatic heterocycles. The minimum Gasteiger partial charge on any atom is -0.234 e. The summed E-state index contributed by atoms with van der Waals surface area (Å²) < 4.78 is 4.91. The van der Waals surface area contributed by atoms with Gasteiger partial charge in [-0.2, -0.15) is 0 Å². The number of rotatable bonds is 9. The summed E-state index contributed by atoms with van der Waals surface area (Å²) in [5, 5.41) is 0. The average molecular weight is 299 g/mol. The van der Waals surface area contributed by atoms with Crippen molar-refractivity contribution in [2.45, 2.75) is 71.9 Å². The van der Waals surface area contributed by atoms with E-state index >= 15 is 0 Å². The summed E-state index contributed by atoms with van der Waals surface area (Å²) in [6, 6.07) is 11.4. The molecule has 0 saturated heterocycles. The third-order valence-electron chi connectivity index (χ3n) is 4.30. The van der Waals surface area contributed by atoms with Gasteiger partial charge in [0.1, 0.15) is 12.4 Å². The first kappa shape index (κ1) is 16.8. The average Bonchev–Trinajstić information content (AvgIpc) is 2.92. The van der Waals surface area contributed by atoms with Crippen LogP contribution in [0.15, 0.2) is 42.7 Å². The van der Waals surface area contributed by atoms with Crippen LogP contribution in [0.1, 0.15) is 63.9 Å². The number of hydrogen-bond acceptors (Lipinski definition) is 0. The molecule has 2 rings (SSSR count). The van der Waals surface area contributed by atoms with E-state index in [9.17, 15) is 0 Å². The Balaban J connectivity index is 1.96. The predicted molar refractivity (Wildman–Crippen MR) is 93.0 cm³/mol. The summed E-state index contributed by atoms with van der Waals surface area (Å²) in [5.41, 5.74) is 1.44. The van der Waals surface area contributed by atoms with Crippen molar-refractivity contribution >= 4 is 0 Å². The van der Waals surface area contributed by atoms with Gasteiger partial charge in [-0.3, -0.25) is 0 Å². The first-order valence-electron chi connectivity index (χ1n) is 8.85. The zero-order valence-electron chi connectivity index (χ0n) is 14.5. The Hall–Kier alpha value is -1.57. The zero-order chi connectivity index (χ0) is 15.8. The molecule has 0 unspecified atom stereocenters. The van der Waals surface area contributed by atoms with Gasteiger partial charge < -0.3 is 0 Å². The summed E-state index contributed by atoms with van der Waals surface area (Å²) in [6.45, 7) is 7.95. The summed E-state index contributed by atoms with van der Waals surface area (Å²) in [4.78, 5) is 0. The van der Waals surface area contributed by atoms with E-state index in [1.807, 2.05) is 0 Å². The number of benzene rings is 1. The fourth-order valence-corrected chi connectivity index (χ4v) is 3.05. The second-order valence-corrected chi connectivity index (χ2v) is 6.46. The van der Waals surface area contributed by atoms with E-state index in [0.717, 1.165) is 13.0 Å². The van der Waals surface area contributed by atoms with Gasteiger partial charge in [0.15, 0.2) is 0 Å². The normalized spacial score (nSPS) is 11.3. The Labute approximate surface area is 135 Å². The van der Waals surface area contributed by atoms with Crippen molar-refractivity contribution in [1.29, 1.82) is 0 Å². The maximum absolute atomic E-state index is 2.47. The van der Waals surface area contributed by atoms with Crippen LogP contribution < -0.4 is 4.57 Å². The molecule has 0 aliphatic rings. The molecule has 0 saturated carbocycles. The van der Waals surface area contributed by atoms with Gasteiger partial charge in [-0.1, -0.05) is 50.1 Å².